The molecule has 0 fully saturated rings. The number of anilines is 1. The number of amides is 1. The molecule has 0 aliphatic heterocycles. The van der Waals surface area contributed by atoms with Crippen molar-refractivity contribution >= 4 is 21.6 Å². The summed E-state index contributed by atoms with van der Waals surface area (Å²) in [5, 5.41) is 2.84. The normalized spacial score (nSPS) is 11.6. The third-order valence-corrected chi connectivity index (χ3v) is 5.61. The van der Waals surface area contributed by atoms with Crippen molar-refractivity contribution in [1.82, 2.24) is 4.31 Å². The van der Waals surface area contributed by atoms with Gasteiger partial charge in [-0.3, -0.25) is 4.79 Å². The van der Waals surface area contributed by atoms with Crippen LogP contribution in [-0.2, 0) is 27.7 Å². The van der Waals surface area contributed by atoms with Crippen LogP contribution in [0.2, 0.25) is 0 Å². The Bertz CT molecular complexity index is 896. The maximum Gasteiger partial charge on any atom is 0.239 e. The van der Waals surface area contributed by atoms with Crippen molar-refractivity contribution in [3.63, 3.8) is 0 Å². The van der Waals surface area contributed by atoms with Gasteiger partial charge in [0.15, 0.2) is 0 Å². The number of nitrogens with one attached hydrogen (secondary N) is 1. The Morgan fingerprint density at radius 2 is 1.81 bits per heavy atom. The van der Waals surface area contributed by atoms with Crippen LogP contribution in [0, 0.1) is 12.7 Å². The maximum atomic E-state index is 13.0. The molecule has 0 heterocycles. The molecular weight excluding hydrogens is 367 g/mol. The Labute approximate surface area is 160 Å². The second-order valence-electron chi connectivity index (χ2n) is 6.48. The molecule has 0 aromatic heterocycles. The Kier molecular flexibility index (Phi) is 7.10. The van der Waals surface area contributed by atoms with Crippen molar-refractivity contribution in [1.29, 1.82) is 0 Å². The van der Waals surface area contributed by atoms with E-state index in [1.54, 1.807) is 12.1 Å². The maximum absolute atomic E-state index is 13.0. The monoisotopic (exact) mass is 392 g/mol. The summed E-state index contributed by atoms with van der Waals surface area (Å²) in [6, 6.07) is 11.6. The van der Waals surface area contributed by atoms with Crippen molar-refractivity contribution in [3.05, 3.63) is 65.0 Å². The molecular formula is C20H25FN2O3S. The molecule has 0 aliphatic carbocycles. The van der Waals surface area contributed by atoms with Crippen LogP contribution >= 0.6 is 0 Å². The van der Waals surface area contributed by atoms with E-state index >= 15 is 0 Å². The van der Waals surface area contributed by atoms with Crippen LogP contribution in [0.25, 0.3) is 0 Å². The summed E-state index contributed by atoms with van der Waals surface area (Å²) >= 11 is 0. The van der Waals surface area contributed by atoms with Crippen LogP contribution in [0.3, 0.4) is 0 Å². The highest BCUT2D eigenvalue weighted by atomic mass is 32.2. The first-order valence-electron chi connectivity index (χ1n) is 8.78. The molecule has 2 aromatic rings. The number of hydrogen-bond acceptors (Lipinski definition) is 3. The average Bonchev–Trinajstić information content (AvgIpc) is 2.60. The molecule has 2 rings (SSSR count). The van der Waals surface area contributed by atoms with Crippen LogP contribution in [0.5, 0.6) is 0 Å². The molecule has 0 aliphatic rings. The van der Waals surface area contributed by atoms with Crippen LogP contribution in [-0.4, -0.2) is 38.0 Å². The van der Waals surface area contributed by atoms with Gasteiger partial charge in [0.25, 0.3) is 0 Å². The van der Waals surface area contributed by atoms with Gasteiger partial charge in [0.05, 0.1) is 12.8 Å². The van der Waals surface area contributed by atoms with E-state index in [1.807, 2.05) is 32.0 Å². The molecule has 0 spiro atoms. The van der Waals surface area contributed by atoms with Crippen LogP contribution in [0.15, 0.2) is 42.5 Å². The second-order valence-corrected chi connectivity index (χ2v) is 8.47. The number of aryl methyl sites for hydroxylation is 2. The lowest BCUT2D eigenvalue weighted by Gasteiger charge is -2.20. The summed E-state index contributed by atoms with van der Waals surface area (Å²) in [6.45, 7) is 3.78. The number of para-hydroxylation sites is 1. The Hall–Kier alpha value is -2.25. The third-order valence-electron chi connectivity index (χ3n) is 4.36. The molecule has 27 heavy (non-hydrogen) atoms. The molecule has 146 valence electrons. The van der Waals surface area contributed by atoms with Gasteiger partial charge in [-0.1, -0.05) is 37.3 Å². The van der Waals surface area contributed by atoms with E-state index in [4.69, 9.17) is 0 Å². The number of nitrogens with zero attached hydrogens (tertiary/aromatic N) is 1. The molecule has 1 amide bonds. The largest absolute Gasteiger partial charge is 0.324 e. The molecule has 0 bridgehead atoms. The SMILES string of the molecule is CCc1cccc(C)c1NC(=O)CN(CCc1ccc(F)cc1)S(C)(=O)=O. The fourth-order valence-corrected chi connectivity index (χ4v) is 3.58. The number of halogens is 1. The molecule has 0 atom stereocenters. The third kappa shape index (κ3) is 6.15. The van der Waals surface area contributed by atoms with Crippen molar-refractivity contribution < 1.29 is 17.6 Å². The number of hydrogen-bond donors (Lipinski definition) is 1. The van der Waals surface area contributed by atoms with Crippen molar-refractivity contribution in [2.45, 2.75) is 26.7 Å². The average molecular weight is 392 g/mol. The van der Waals surface area contributed by atoms with Crippen LogP contribution < -0.4 is 5.32 Å². The van der Waals surface area contributed by atoms with E-state index in [1.165, 1.54) is 12.1 Å². The summed E-state index contributed by atoms with van der Waals surface area (Å²) in [5.74, 6) is -0.730. The molecule has 5 nitrogen and oxygen atoms in total. The zero-order valence-corrected chi connectivity index (χ0v) is 16.6. The fraction of sp³-hybridized carbons (Fsp3) is 0.350. The predicted molar refractivity (Wildman–Crippen MR) is 106 cm³/mol. The molecule has 7 heteroatoms. The fourth-order valence-electron chi connectivity index (χ4n) is 2.81. The molecule has 1 N–H and O–H groups in total. The summed E-state index contributed by atoms with van der Waals surface area (Å²) in [4.78, 5) is 12.5. The number of sulfonamides is 1. The lowest BCUT2D eigenvalue weighted by atomic mass is 10.1. The zero-order chi connectivity index (χ0) is 20.0. The molecule has 0 saturated heterocycles. The number of carbonyl (C=O) groups is 1. The van der Waals surface area contributed by atoms with Crippen molar-refractivity contribution in [3.8, 4) is 0 Å². The van der Waals surface area contributed by atoms with Crippen molar-refractivity contribution in [2.24, 2.45) is 0 Å². The molecule has 0 radical (unpaired) electrons. The predicted octanol–water partition coefficient (Wildman–Crippen LogP) is 3.14. The quantitative estimate of drug-likeness (QED) is 0.751. The van der Waals surface area contributed by atoms with Gasteiger partial charge < -0.3 is 5.32 Å². The number of rotatable bonds is 8. The van der Waals surface area contributed by atoms with Gasteiger partial charge in [-0.05, 0) is 48.6 Å². The highest BCUT2D eigenvalue weighted by molar-refractivity contribution is 7.88. The first-order chi connectivity index (χ1) is 12.7. The minimum atomic E-state index is -3.56. The van der Waals surface area contributed by atoms with E-state index < -0.39 is 10.0 Å². The van der Waals surface area contributed by atoms with E-state index in [9.17, 15) is 17.6 Å². The highest BCUT2D eigenvalue weighted by Crippen LogP contribution is 2.21. The van der Waals surface area contributed by atoms with Gasteiger partial charge in [0.1, 0.15) is 5.82 Å². The van der Waals surface area contributed by atoms with E-state index in [-0.39, 0.29) is 24.8 Å². The molecule has 0 unspecified atom stereocenters. The minimum Gasteiger partial charge on any atom is -0.324 e. The summed E-state index contributed by atoms with van der Waals surface area (Å²) < 4.78 is 38.3. The van der Waals surface area contributed by atoms with E-state index in [2.05, 4.69) is 5.32 Å². The Morgan fingerprint density at radius 3 is 2.41 bits per heavy atom. The van der Waals surface area contributed by atoms with Gasteiger partial charge in [0.2, 0.25) is 15.9 Å². The Balaban J connectivity index is 2.07. The van der Waals surface area contributed by atoms with Crippen LogP contribution in [0.4, 0.5) is 10.1 Å². The first-order valence-corrected chi connectivity index (χ1v) is 10.6. The summed E-state index contributed by atoms with van der Waals surface area (Å²) in [5.41, 5.74) is 3.47. The van der Waals surface area contributed by atoms with Gasteiger partial charge >= 0.3 is 0 Å². The second kappa shape index (κ2) is 9.10. The molecule has 2 aromatic carbocycles. The van der Waals surface area contributed by atoms with Gasteiger partial charge in [-0.15, -0.1) is 0 Å². The summed E-state index contributed by atoms with van der Waals surface area (Å²) in [7, 11) is -3.56. The topological polar surface area (TPSA) is 66.5 Å². The van der Waals surface area contributed by atoms with Crippen LogP contribution in [0.1, 0.15) is 23.6 Å². The number of carbonyl (C=O) groups excluding carboxylic acids is 1. The van der Waals surface area contributed by atoms with E-state index in [0.717, 1.165) is 39.4 Å². The minimum absolute atomic E-state index is 0.145. The standard InChI is InChI=1S/C20H25FN2O3S/c1-4-17-7-5-6-15(2)20(17)22-19(24)14-23(27(3,25)26)13-12-16-8-10-18(21)11-9-16/h5-11H,4,12-14H2,1-3H3,(H,22,24). The first kappa shape index (κ1) is 21.1. The highest BCUT2D eigenvalue weighted by Gasteiger charge is 2.21. The van der Waals surface area contributed by atoms with Gasteiger partial charge in [-0.25, -0.2) is 12.8 Å². The van der Waals surface area contributed by atoms with Gasteiger partial charge in [-0.2, -0.15) is 4.31 Å². The number of benzene rings is 2. The lowest BCUT2D eigenvalue weighted by molar-refractivity contribution is -0.116. The zero-order valence-electron chi connectivity index (χ0n) is 15.8. The lowest BCUT2D eigenvalue weighted by Crippen LogP contribution is -2.38. The summed E-state index contributed by atoms with van der Waals surface area (Å²) in [6.07, 6.45) is 2.24. The van der Waals surface area contributed by atoms with Crippen molar-refractivity contribution in [2.75, 3.05) is 24.7 Å². The smallest absolute Gasteiger partial charge is 0.239 e. The van der Waals surface area contributed by atoms with Gasteiger partial charge in [0, 0.05) is 12.2 Å². The molecule has 0 saturated carbocycles. The van der Waals surface area contributed by atoms with E-state index in [0.29, 0.717) is 6.42 Å². The Morgan fingerprint density at radius 1 is 1.15 bits per heavy atom.